The average molecular weight is 532 g/mol. The summed E-state index contributed by atoms with van der Waals surface area (Å²) in [7, 11) is 0. The van der Waals surface area contributed by atoms with Gasteiger partial charge in [0.25, 0.3) is 0 Å². The highest BCUT2D eigenvalue weighted by Gasteiger charge is 2.18. The average Bonchev–Trinajstić information content (AvgIpc) is 2.91. The number of benzene rings is 3. The molecule has 0 bridgehead atoms. The van der Waals surface area contributed by atoms with Crippen molar-refractivity contribution < 1.29 is 17.6 Å². The lowest BCUT2D eigenvalue weighted by Crippen LogP contribution is -2.14. The normalized spacial score (nSPS) is 13.9. The van der Waals surface area contributed by atoms with Gasteiger partial charge in [0.05, 0.1) is 16.3 Å². The van der Waals surface area contributed by atoms with Crippen molar-refractivity contribution in [1.29, 1.82) is 0 Å². The summed E-state index contributed by atoms with van der Waals surface area (Å²) in [5, 5.41) is 1.95. The predicted molar refractivity (Wildman–Crippen MR) is 145 cm³/mol. The van der Waals surface area contributed by atoms with Crippen LogP contribution in [0.2, 0.25) is 0 Å². The molecule has 3 aromatic carbocycles. The maximum Gasteiger partial charge on any atom is 0.186 e. The molecule has 0 fully saturated rings. The smallest absolute Gasteiger partial charge is 0.186 e. The van der Waals surface area contributed by atoms with Gasteiger partial charge in [-0.25, -0.2) is 17.6 Å². The minimum absolute atomic E-state index is 0.152. The van der Waals surface area contributed by atoms with E-state index < -0.39 is 28.8 Å². The monoisotopic (exact) mass is 531 g/mol. The van der Waals surface area contributed by atoms with E-state index in [9.17, 15) is 17.6 Å². The molecule has 0 spiro atoms. The Hall–Kier alpha value is -3.70. The van der Waals surface area contributed by atoms with Gasteiger partial charge in [0, 0.05) is 11.1 Å². The van der Waals surface area contributed by atoms with Crippen LogP contribution in [0.5, 0.6) is 0 Å². The van der Waals surface area contributed by atoms with Crippen LogP contribution in [0.25, 0.3) is 0 Å². The molecule has 38 heavy (non-hydrogen) atoms. The van der Waals surface area contributed by atoms with Crippen molar-refractivity contribution in [2.24, 2.45) is 10.9 Å². The van der Waals surface area contributed by atoms with E-state index in [-0.39, 0.29) is 16.8 Å². The molecule has 1 unspecified atom stereocenters. The minimum Gasteiger partial charge on any atom is -0.205 e. The molecule has 1 aliphatic carbocycles. The molecule has 1 nitrogen and oxygen atoms in total. The van der Waals surface area contributed by atoms with Gasteiger partial charge < -0.3 is 0 Å². The van der Waals surface area contributed by atoms with Crippen molar-refractivity contribution in [2.45, 2.75) is 51.9 Å². The van der Waals surface area contributed by atoms with E-state index >= 15 is 0 Å². The second kappa shape index (κ2) is 12.7. The Morgan fingerprint density at radius 1 is 0.842 bits per heavy atom. The van der Waals surface area contributed by atoms with Crippen LogP contribution in [0.1, 0.15) is 72.4 Å². The highest BCUT2D eigenvalue weighted by atomic mass is 32.1. The summed E-state index contributed by atoms with van der Waals surface area (Å²) < 4.78 is 57.5. The molecule has 6 heteroatoms. The molecule has 0 radical (unpaired) electrons. The number of hydrogen-bond donors (Lipinski definition) is 0. The molecular weight excluding hydrogens is 506 g/mol. The van der Waals surface area contributed by atoms with E-state index in [1.807, 2.05) is 11.2 Å². The fourth-order valence-electron chi connectivity index (χ4n) is 4.65. The van der Waals surface area contributed by atoms with Crippen LogP contribution < -0.4 is 0 Å². The van der Waals surface area contributed by atoms with Gasteiger partial charge in [0.2, 0.25) is 0 Å². The maximum atomic E-state index is 14.6. The topological polar surface area (TPSA) is 12.4 Å². The zero-order valence-corrected chi connectivity index (χ0v) is 21.8. The molecule has 0 aromatic heterocycles. The number of aliphatic imine (C=N–C) groups is 1. The molecule has 0 amide bonds. The van der Waals surface area contributed by atoms with E-state index in [1.165, 1.54) is 43.2 Å². The third-order valence-electron chi connectivity index (χ3n) is 6.70. The Morgan fingerprint density at radius 2 is 1.61 bits per heavy atom. The third kappa shape index (κ3) is 6.59. The summed E-state index contributed by atoms with van der Waals surface area (Å²) >= 11 is 4.39. The number of thiocarbonyl (C=S) groups is 1. The van der Waals surface area contributed by atoms with E-state index in [1.54, 1.807) is 0 Å². The van der Waals surface area contributed by atoms with Crippen molar-refractivity contribution in [3.8, 4) is 23.7 Å². The van der Waals surface area contributed by atoms with Crippen LogP contribution in [-0.4, -0.2) is 5.16 Å². The highest BCUT2D eigenvalue weighted by Crippen LogP contribution is 2.29. The zero-order chi connectivity index (χ0) is 27.1. The van der Waals surface area contributed by atoms with E-state index in [4.69, 9.17) is 0 Å². The molecular formula is C32H25F4NS. The van der Waals surface area contributed by atoms with Crippen LogP contribution in [0, 0.1) is 52.9 Å². The maximum absolute atomic E-state index is 14.6. The Labute approximate surface area is 226 Å². The summed E-state index contributed by atoms with van der Waals surface area (Å²) in [4.78, 5) is 3.41. The Bertz CT molecular complexity index is 1510. The number of halogens is 4. The SMILES string of the molecule is CCCCCC1CCc2cc(C#Cc3cc(F)c(C#Cc4ccc(N=C=S)c(F)c4F)c(F)c3)ccc2C1. The van der Waals surface area contributed by atoms with Crippen LogP contribution in [0.15, 0.2) is 47.5 Å². The molecule has 1 atom stereocenters. The molecule has 0 heterocycles. The molecule has 192 valence electrons. The van der Waals surface area contributed by atoms with Gasteiger partial charge in [-0.2, -0.15) is 4.99 Å². The van der Waals surface area contributed by atoms with Gasteiger partial charge in [-0.1, -0.05) is 62.4 Å². The summed E-state index contributed by atoms with van der Waals surface area (Å²) in [5.74, 6) is 6.63. The van der Waals surface area contributed by atoms with Crippen LogP contribution in [0.3, 0.4) is 0 Å². The van der Waals surface area contributed by atoms with Gasteiger partial charge in [-0.3, -0.25) is 0 Å². The molecule has 4 rings (SSSR count). The first-order chi connectivity index (χ1) is 18.4. The van der Waals surface area contributed by atoms with Crippen molar-refractivity contribution in [1.82, 2.24) is 0 Å². The van der Waals surface area contributed by atoms with Crippen molar-refractivity contribution in [2.75, 3.05) is 0 Å². The lowest BCUT2D eigenvalue weighted by molar-refractivity contribution is 0.408. The van der Waals surface area contributed by atoms with E-state index in [0.29, 0.717) is 0 Å². The Balaban J connectivity index is 1.50. The third-order valence-corrected chi connectivity index (χ3v) is 6.79. The first-order valence-electron chi connectivity index (χ1n) is 12.6. The summed E-state index contributed by atoms with van der Waals surface area (Å²) in [6.07, 6.45) is 8.35. The lowest BCUT2D eigenvalue weighted by atomic mass is 9.81. The van der Waals surface area contributed by atoms with Crippen LogP contribution in [0.4, 0.5) is 23.2 Å². The van der Waals surface area contributed by atoms with Crippen molar-refractivity contribution in [3.63, 3.8) is 0 Å². The number of hydrogen-bond acceptors (Lipinski definition) is 2. The van der Waals surface area contributed by atoms with Gasteiger partial charge in [0.1, 0.15) is 17.3 Å². The largest absolute Gasteiger partial charge is 0.205 e. The predicted octanol–water partition coefficient (Wildman–Crippen LogP) is 8.46. The summed E-state index contributed by atoms with van der Waals surface area (Å²) in [5.41, 5.74) is 2.33. The standard InChI is InChI=1S/C32H25F4NS/c1-2-3-4-5-21-8-10-26-17-22(9-11-25(26)16-21)6-7-23-18-28(33)27(29(34)19-23)14-12-24-13-15-30(37-20-38)32(36)31(24)35/h9,11,13,15,17-19,21H,2-5,8,10,16H2,1H3. The van der Waals surface area contributed by atoms with Crippen LogP contribution >= 0.6 is 12.2 Å². The Kier molecular flexibility index (Phi) is 9.14. The molecule has 0 aliphatic heterocycles. The van der Waals surface area contributed by atoms with Gasteiger partial charge in [-0.05, 0) is 84.9 Å². The molecule has 0 N–H and O–H groups in total. The lowest BCUT2D eigenvalue weighted by Gasteiger charge is -2.24. The second-order valence-corrected chi connectivity index (χ2v) is 9.55. The molecule has 1 aliphatic rings. The summed E-state index contributed by atoms with van der Waals surface area (Å²) in [6, 6.07) is 10.6. The first kappa shape index (κ1) is 27.3. The first-order valence-corrected chi connectivity index (χ1v) is 13.0. The van der Waals surface area contributed by atoms with Crippen molar-refractivity contribution in [3.05, 3.63) is 99.1 Å². The number of isothiocyanates is 1. The quantitative estimate of drug-likeness (QED) is 0.106. The Morgan fingerprint density at radius 3 is 2.34 bits per heavy atom. The fraction of sp³-hybridized carbons (Fsp3) is 0.281. The van der Waals surface area contributed by atoms with E-state index in [2.05, 4.69) is 59.9 Å². The molecule has 0 saturated carbocycles. The van der Waals surface area contributed by atoms with Gasteiger partial charge >= 0.3 is 0 Å². The summed E-state index contributed by atoms with van der Waals surface area (Å²) in [6.45, 7) is 2.22. The minimum atomic E-state index is -1.29. The zero-order valence-electron chi connectivity index (χ0n) is 20.9. The van der Waals surface area contributed by atoms with Gasteiger partial charge in [-0.15, -0.1) is 0 Å². The number of unbranched alkanes of at least 4 members (excludes halogenated alkanes) is 2. The van der Waals surface area contributed by atoms with E-state index in [0.717, 1.165) is 48.6 Å². The number of rotatable bonds is 5. The molecule has 0 saturated heterocycles. The fourth-order valence-corrected chi connectivity index (χ4v) is 4.75. The number of aryl methyl sites for hydroxylation is 1. The van der Waals surface area contributed by atoms with Crippen molar-refractivity contribution >= 4 is 23.1 Å². The number of nitrogens with zero attached hydrogens (tertiary/aromatic N) is 1. The second-order valence-electron chi connectivity index (χ2n) is 9.37. The number of fused-ring (bicyclic) bond motifs is 1. The molecule has 3 aromatic rings. The van der Waals surface area contributed by atoms with Crippen LogP contribution in [-0.2, 0) is 12.8 Å². The van der Waals surface area contributed by atoms with Gasteiger partial charge in [0.15, 0.2) is 11.6 Å². The highest BCUT2D eigenvalue weighted by molar-refractivity contribution is 7.78.